The van der Waals surface area contributed by atoms with Crippen LogP contribution in [-0.2, 0) is 0 Å². The zero-order chi connectivity index (χ0) is 17.3. The molecule has 0 heterocycles. The molecule has 0 spiro atoms. The van der Waals surface area contributed by atoms with Crippen molar-refractivity contribution in [1.29, 1.82) is 0 Å². The van der Waals surface area contributed by atoms with Gasteiger partial charge in [-0.15, -0.1) is 0 Å². The van der Waals surface area contributed by atoms with Gasteiger partial charge < -0.3 is 10.8 Å². The molecule has 0 saturated heterocycles. The van der Waals surface area contributed by atoms with E-state index in [-0.39, 0.29) is 33.5 Å². The van der Waals surface area contributed by atoms with E-state index in [1.807, 2.05) is 0 Å². The first-order chi connectivity index (χ1) is 11.3. The smallest absolute Gasteiger partial charge is 0.287 e. The van der Waals surface area contributed by atoms with E-state index in [4.69, 9.17) is 5.73 Å². The highest BCUT2D eigenvalue weighted by molar-refractivity contribution is 5.32. The van der Waals surface area contributed by atoms with Gasteiger partial charge in [0.05, 0.1) is 16.7 Å². The zero-order valence-electron chi connectivity index (χ0n) is 14.6. The summed E-state index contributed by atoms with van der Waals surface area (Å²) in [7, 11) is 0. The summed E-state index contributed by atoms with van der Waals surface area (Å²) in [6.07, 6.45) is 9.76. The third kappa shape index (κ3) is 1.91. The fourth-order valence-electron chi connectivity index (χ4n) is 6.79. The average Bonchev–Trinajstić information content (AvgIpc) is 2.82. The first-order valence-corrected chi connectivity index (χ1v) is 9.30. The van der Waals surface area contributed by atoms with Gasteiger partial charge >= 0.3 is 0 Å². The van der Waals surface area contributed by atoms with Gasteiger partial charge in [-0.2, -0.15) is 0 Å². The monoisotopic (exact) mass is 332 g/mol. The molecule has 4 aliphatic carbocycles. The van der Waals surface area contributed by atoms with Gasteiger partial charge in [-0.25, -0.2) is 0 Å². The molecular formula is C19H28N2O3. The number of fused-ring (bicyclic) bond motifs is 5. The minimum atomic E-state index is -0.344. The number of nitrogens with two attached hydrogens (primary N) is 1. The summed E-state index contributed by atoms with van der Waals surface area (Å²) in [5.41, 5.74) is 6.79. The molecule has 3 N–H and O–H groups in total. The molecule has 0 aromatic carbocycles. The predicted molar refractivity (Wildman–Crippen MR) is 91.2 cm³/mol. The molecule has 24 heavy (non-hydrogen) atoms. The van der Waals surface area contributed by atoms with Crippen molar-refractivity contribution in [2.24, 2.45) is 40.2 Å². The normalized spacial score (nSPS) is 50.2. The molecule has 5 nitrogen and oxygen atoms in total. The Hall–Kier alpha value is -1.36. The first kappa shape index (κ1) is 16.1. The van der Waals surface area contributed by atoms with Crippen LogP contribution in [0.3, 0.4) is 0 Å². The zero-order valence-corrected chi connectivity index (χ0v) is 14.6. The highest BCUT2D eigenvalue weighted by Gasteiger charge is 2.60. The molecule has 0 amide bonds. The average molecular weight is 332 g/mol. The Balaban J connectivity index is 1.69. The molecule has 0 aromatic heterocycles. The van der Waals surface area contributed by atoms with Gasteiger partial charge in [0.25, 0.3) is 5.70 Å². The molecule has 3 saturated carbocycles. The van der Waals surface area contributed by atoms with Crippen LogP contribution in [0, 0.1) is 44.6 Å². The van der Waals surface area contributed by atoms with Gasteiger partial charge in [0.2, 0.25) is 0 Å². The Kier molecular flexibility index (Phi) is 3.41. The lowest BCUT2D eigenvalue weighted by molar-refractivity contribution is -0.421. The molecule has 0 aromatic rings. The number of hydrogen-bond acceptors (Lipinski definition) is 4. The predicted octanol–water partition coefficient (Wildman–Crippen LogP) is 3.22. The van der Waals surface area contributed by atoms with Crippen LogP contribution in [0.25, 0.3) is 0 Å². The summed E-state index contributed by atoms with van der Waals surface area (Å²) in [5.74, 6) is 1.79. The molecule has 4 rings (SSSR count). The maximum absolute atomic E-state index is 11.2. The SMILES string of the molecule is C[C@]12C=CC([N+](=O)[O-])=C(N)[C@@H]1CC[C@@H]1[C@@H]2CC[C@]2(C)[C@@H](O)CC[C@@H]12. The number of rotatable bonds is 1. The maximum atomic E-state index is 11.2. The van der Waals surface area contributed by atoms with Crippen LogP contribution in [0.15, 0.2) is 23.5 Å². The van der Waals surface area contributed by atoms with E-state index in [9.17, 15) is 15.2 Å². The number of allylic oxidation sites excluding steroid dienone is 3. The molecule has 5 heteroatoms. The van der Waals surface area contributed by atoms with E-state index < -0.39 is 0 Å². The molecule has 3 fully saturated rings. The van der Waals surface area contributed by atoms with Crippen molar-refractivity contribution in [2.45, 2.75) is 58.5 Å². The fourth-order valence-corrected chi connectivity index (χ4v) is 6.79. The largest absolute Gasteiger partial charge is 0.396 e. The topological polar surface area (TPSA) is 89.4 Å². The van der Waals surface area contributed by atoms with E-state index in [1.165, 1.54) is 0 Å². The van der Waals surface area contributed by atoms with E-state index in [2.05, 4.69) is 19.9 Å². The summed E-state index contributed by atoms with van der Waals surface area (Å²) in [6.45, 7) is 4.53. The summed E-state index contributed by atoms with van der Waals surface area (Å²) in [5, 5.41) is 21.7. The number of nitro groups is 1. The van der Waals surface area contributed by atoms with Crippen molar-refractivity contribution in [3.63, 3.8) is 0 Å². The second kappa shape index (κ2) is 5.07. The Morgan fingerprint density at radius 3 is 2.67 bits per heavy atom. The van der Waals surface area contributed by atoms with Crippen LogP contribution >= 0.6 is 0 Å². The maximum Gasteiger partial charge on any atom is 0.287 e. The third-order valence-electron chi connectivity index (χ3n) is 8.19. The number of nitrogens with zero attached hydrogens (tertiary/aromatic N) is 1. The number of aliphatic hydroxyl groups is 1. The summed E-state index contributed by atoms with van der Waals surface area (Å²) in [4.78, 5) is 10.9. The van der Waals surface area contributed by atoms with Crippen molar-refractivity contribution in [3.8, 4) is 0 Å². The van der Waals surface area contributed by atoms with Crippen LogP contribution in [0.5, 0.6) is 0 Å². The van der Waals surface area contributed by atoms with E-state index in [0.717, 1.165) is 38.5 Å². The van der Waals surface area contributed by atoms with Crippen LogP contribution in [0.2, 0.25) is 0 Å². The summed E-state index contributed by atoms with van der Waals surface area (Å²) >= 11 is 0. The summed E-state index contributed by atoms with van der Waals surface area (Å²) < 4.78 is 0. The number of aliphatic hydroxyl groups excluding tert-OH is 1. The Morgan fingerprint density at radius 2 is 1.96 bits per heavy atom. The minimum Gasteiger partial charge on any atom is -0.396 e. The molecule has 0 radical (unpaired) electrons. The highest BCUT2D eigenvalue weighted by Crippen LogP contribution is 2.65. The summed E-state index contributed by atoms with van der Waals surface area (Å²) in [6, 6.07) is 0. The van der Waals surface area contributed by atoms with Crippen LogP contribution < -0.4 is 5.73 Å². The third-order valence-corrected chi connectivity index (χ3v) is 8.19. The Morgan fingerprint density at radius 1 is 1.21 bits per heavy atom. The molecule has 0 aliphatic heterocycles. The Labute approximate surface area is 143 Å². The lowest BCUT2D eigenvalue weighted by atomic mass is 9.46. The lowest BCUT2D eigenvalue weighted by Gasteiger charge is -2.58. The molecule has 7 atom stereocenters. The highest BCUT2D eigenvalue weighted by atomic mass is 16.6. The van der Waals surface area contributed by atoms with Crippen molar-refractivity contribution in [1.82, 2.24) is 0 Å². The van der Waals surface area contributed by atoms with Gasteiger partial charge in [0, 0.05) is 12.0 Å². The van der Waals surface area contributed by atoms with Gasteiger partial charge in [-0.05, 0) is 67.1 Å². The van der Waals surface area contributed by atoms with Crippen molar-refractivity contribution in [2.75, 3.05) is 0 Å². The van der Waals surface area contributed by atoms with Crippen LogP contribution in [-0.4, -0.2) is 16.1 Å². The van der Waals surface area contributed by atoms with Crippen molar-refractivity contribution >= 4 is 0 Å². The quantitative estimate of drug-likeness (QED) is 0.570. The molecule has 4 aliphatic rings. The Bertz CT molecular complexity index is 643. The van der Waals surface area contributed by atoms with Crippen molar-refractivity contribution < 1.29 is 10.0 Å². The fraction of sp³-hybridized carbons (Fsp3) is 0.789. The second-order valence-electron chi connectivity index (χ2n) is 8.94. The van der Waals surface area contributed by atoms with Gasteiger partial charge in [0.1, 0.15) is 0 Å². The molecule has 0 unspecified atom stereocenters. The lowest BCUT2D eigenvalue weighted by Crippen LogP contribution is -2.53. The van der Waals surface area contributed by atoms with Gasteiger partial charge in [0.15, 0.2) is 0 Å². The van der Waals surface area contributed by atoms with Crippen LogP contribution in [0.1, 0.15) is 52.4 Å². The van der Waals surface area contributed by atoms with Crippen molar-refractivity contribution in [3.05, 3.63) is 33.7 Å². The molecular weight excluding hydrogens is 304 g/mol. The van der Waals surface area contributed by atoms with E-state index in [0.29, 0.717) is 23.5 Å². The molecule has 132 valence electrons. The minimum absolute atomic E-state index is 0.0656. The number of hydrogen-bond donors (Lipinski definition) is 2. The van der Waals surface area contributed by atoms with E-state index in [1.54, 1.807) is 6.08 Å². The van der Waals surface area contributed by atoms with Crippen LogP contribution in [0.4, 0.5) is 0 Å². The standard InChI is InChI=1S/C19H28N2O3/c1-18-10-8-15(21(23)24)17(20)14(18)4-3-11-12-5-6-16(22)19(12,2)9-7-13(11)18/h8,10-14,16,22H,3-7,9,20H2,1-2H3/t11-,12-,13-,14-,16-,18+,19-/m0/s1. The van der Waals surface area contributed by atoms with Gasteiger partial charge in [-0.3, -0.25) is 10.1 Å². The molecule has 0 bridgehead atoms. The van der Waals surface area contributed by atoms with E-state index >= 15 is 0 Å². The van der Waals surface area contributed by atoms with Gasteiger partial charge in [-0.1, -0.05) is 19.9 Å². The first-order valence-electron chi connectivity index (χ1n) is 9.30. The second-order valence-corrected chi connectivity index (χ2v) is 8.94.